The number of benzene rings is 2. The number of amides is 1. The summed E-state index contributed by atoms with van der Waals surface area (Å²) in [5.74, 6) is -0.222. The monoisotopic (exact) mass is 426 g/mol. The quantitative estimate of drug-likeness (QED) is 0.772. The highest BCUT2D eigenvalue weighted by Gasteiger charge is 2.25. The second-order valence-corrected chi connectivity index (χ2v) is 9.21. The van der Waals surface area contributed by atoms with E-state index in [2.05, 4.69) is 5.32 Å². The number of carbonyl (C=O) groups is 1. The minimum atomic E-state index is -3.47. The highest BCUT2D eigenvalue weighted by atomic mass is 35.5. The first-order chi connectivity index (χ1) is 12.9. The van der Waals surface area contributed by atoms with Gasteiger partial charge in [0.25, 0.3) is 0 Å². The zero-order valence-electron chi connectivity index (χ0n) is 14.6. The van der Waals surface area contributed by atoms with Gasteiger partial charge in [-0.25, -0.2) is 8.42 Å². The van der Waals surface area contributed by atoms with Gasteiger partial charge in [0.15, 0.2) is 0 Å². The molecule has 0 spiro atoms. The summed E-state index contributed by atoms with van der Waals surface area (Å²) in [7, 11) is -3.47. The lowest BCUT2D eigenvalue weighted by Crippen LogP contribution is -2.35. The maximum Gasteiger partial charge on any atom is 0.243 e. The highest BCUT2D eigenvalue weighted by molar-refractivity contribution is 7.89. The van der Waals surface area contributed by atoms with Crippen LogP contribution in [0.15, 0.2) is 47.4 Å². The van der Waals surface area contributed by atoms with Crippen LogP contribution in [0.5, 0.6) is 0 Å². The van der Waals surface area contributed by atoms with Crippen LogP contribution >= 0.6 is 23.2 Å². The van der Waals surface area contributed by atoms with Crippen LogP contribution in [-0.4, -0.2) is 31.7 Å². The van der Waals surface area contributed by atoms with Gasteiger partial charge < -0.3 is 5.32 Å². The van der Waals surface area contributed by atoms with E-state index in [0.29, 0.717) is 28.8 Å². The molecule has 0 aromatic heterocycles. The van der Waals surface area contributed by atoms with Gasteiger partial charge in [-0.05, 0) is 54.8 Å². The number of halogens is 2. The minimum absolute atomic E-state index is 0.144. The third-order valence-electron chi connectivity index (χ3n) is 4.44. The fourth-order valence-corrected chi connectivity index (χ4v) is 4.84. The largest absolute Gasteiger partial charge is 0.326 e. The Morgan fingerprint density at radius 1 is 0.963 bits per heavy atom. The summed E-state index contributed by atoms with van der Waals surface area (Å²) in [4.78, 5) is 12.4. The molecule has 0 unspecified atom stereocenters. The van der Waals surface area contributed by atoms with Gasteiger partial charge in [-0.3, -0.25) is 4.79 Å². The summed E-state index contributed by atoms with van der Waals surface area (Å²) in [5, 5.41) is 3.59. The number of nitrogens with one attached hydrogen (secondary N) is 1. The maximum absolute atomic E-state index is 12.6. The number of carbonyl (C=O) groups excluding carboxylic acids is 1. The van der Waals surface area contributed by atoms with Crippen molar-refractivity contribution in [1.82, 2.24) is 4.31 Å². The molecule has 2 aromatic carbocycles. The molecule has 0 radical (unpaired) electrons. The van der Waals surface area contributed by atoms with E-state index in [-0.39, 0.29) is 17.2 Å². The Hall–Kier alpha value is -1.60. The lowest BCUT2D eigenvalue weighted by atomic mass is 10.1. The van der Waals surface area contributed by atoms with E-state index in [1.54, 1.807) is 30.3 Å². The predicted molar refractivity (Wildman–Crippen MR) is 108 cm³/mol. The molecule has 0 atom stereocenters. The molecule has 1 aliphatic heterocycles. The fourth-order valence-electron chi connectivity index (χ4n) is 3.00. The number of sulfonamides is 1. The Morgan fingerprint density at radius 2 is 1.63 bits per heavy atom. The van der Waals surface area contributed by atoms with Crippen LogP contribution in [0.3, 0.4) is 0 Å². The van der Waals surface area contributed by atoms with Crippen LogP contribution in [0.1, 0.15) is 24.8 Å². The van der Waals surface area contributed by atoms with E-state index in [4.69, 9.17) is 23.2 Å². The standard InChI is InChI=1S/C19H20Cl2N2O3S/c20-17-9-4-14(12-18(17)21)13-19(24)22-15-5-7-16(8-6-15)27(25,26)23-10-2-1-3-11-23/h4-9,12H,1-3,10-11,13H2,(H,22,24). The molecule has 1 amide bonds. The predicted octanol–water partition coefficient (Wildman–Crippen LogP) is 4.35. The molecule has 0 bridgehead atoms. The van der Waals surface area contributed by atoms with Crippen molar-refractivity contribution in [2.75, 3.05) is 18.4 Å². The molecule has 2 aromatic rings. The summed E-state index contributed by atoms with van der Waals surface area (Å²) < 4.78 is 26.8. The first kappa shape index (κ1) is 20.1. The molecule has 144 valence electrons. The topological polar surface area (TPSA) is 66.5 Å². The van der Waals surface area contributed by atoms with Gasteiger partial charge in [-0.1, -0.05) is 35.7 Å². The average molecular weight is 427 g/mol. The smallest absolute Gasteiger partial charge is 0.243 e. The molecule has 1 aliphatic rings. The Morgan fingerprint density at radius 3 is 2.26 bits per heavy atom. The van der Waals surface area contributed by atoms with E-state index in [0.717, 1.165) is 24.8 Å². The van der Waals surface area contributed by atoms with Crippen molar-refractivity contribution in [3.05, 3.63) is 58.1 Å². The summed E-state index contributed by atoms with van der Waals surface area (Å²) in [6.45, 7) is 1.12. The Kier molecular flexibility index (Phi) is 6.42. The van der Waals surface area contributed by atoms with Crippen molar-refractivity contribution in [3.8, 4) is 0 Å². The van der Waals surface area contributed by atoms with Gasteiger partial charge >= 0.3 is 0 Å². The zero-order valence-corrected chi connectivity index (χ0v) is 16.9. The number of hydrogen-bond donors (Lipinski definition) is 1. The SMILES string of the molecule is O=C(Cc1ccc(Cl)c(Cl)c1)Nc1ccc(S(=O)(=O)N2CCCCC2)cc1. The number of anilines is 1. The van der Waals surface area contributed by atoms with E-state index >= 15 is 0 Å². The lowest BCUT2D eigenvalue weighted by Gasteiger charge is -2.25. The zero-order chi connectivity index (χ0) is 19.4. The van der Waals surface area contributed by atoms with Crippen LogP contribution in [0.4, 0.5) is 5.69 Å². The summed E-state index contributed by atoms with van der Waals surface area (Å²) in [5.41, 5.74) is 1.28. The maximum atomic E-state index is 12.6. The summed E-state index contributed by atoms with van der Waals surface area (Å²) >= 11 is 11.8. The van der Waals surface area contributed by atoms with Crippen molar-refractivity contribution in [1.29, 1.82) is 0 Å². The molecule has 8 heteroatoms. The van der Waals surface area contributed by atoms with Gasteiger partial charge in [0.2, 0.25) is 15.9 Å². The van der Waals surface area contributed by atoms with E-state index in [1.165, 1.54) is 16.4 Å². The Labute approximate surface area is 169 Å². The lowest BCUT2D eigenvalue weighted by molar-refractivity contribution is -0.115. The molecule has 3 rings (SSSR count). The molecule has 0 saturated carbocycles. The highest BCUT2D eigenvalue weighted by Crippen LogP contribution is 2.24. The van der Waals surface area contributed by atoms with E-state index in [9.17, 15) is 13.2 Å². The number of hydrogen-bond acceptors (Lipinski definition) is 3. The van der Waals surface area contributed by atoms with Crippen LogP contribution in [0, 0.1) is 0 Å². The molecule has 1 fully saturated rings. The second-order valence-electron chi connectivity index (χ2n) is 6.46. The molecule has 5 nitrogen and oxygen atoms in total. The summed E-state index contributed by atoms with van der Waals surface area (Å²) in [6.07, 6.45) is 2.99. The van der Waals surface area contributed by atoms with Crippen LogP contribution < -0.4 is 5.32 Å². The first-order valence-corrected chi connectivity index (χ1v) is 10.9. The molecule has 0 aliphatic carbocycles. The van der Waals surface area contributed by atoms with Crippen molar-refractivity contribution in [3.63, 3.8) is 0 Å². The third kappa shape index (κ3) is 5.02. The number of rotatable bonds is 5. The minimum Gasteiger partial charge on any atom is -0.326 e. The van der Waals surface area contributed by atoms with Crippen molar-refractivity contribution >= 4 is 44.8 Å². The first-order valence-electron chi connectivity index (χ1n) is 8.70. The third-order valence-corrected chi connectivity index (χ3v) is 7.09. The van der Waals surface area contributed by atoms with Crippen molar-refractivity contribution in [2.45, 2.75) is 30.6 Å². The normalized spacial score (nSPS) is 15.5. The van der Waals surface area contributed by atoms with Crippen LogP contribution in [-0.2, 0) is 21.2 Å². The van der Waals surface area contributed by atoms with Gasteiger partial charge in [-0.15, -0.1) is 0 Å². The number of piperidine rings is 1. The molecular formula is C19H20Cl2N2O3S. The molecule has 1 N–H and O–H groups in total. The van der Waals surface area contributed by atoms with E-state index in [1.807, 2.05) is 0 Å². The fraction of sp³-hybridized carbons (Fsp3) is 0.316. The molecule has 27 heavy (non-hydrogen) atoms. The van der Waals surface area contributed by atoms with Crippen LogP contribution in [0.25, 0.3) is 0 Å². The van der Waals surface area contributed by atoms with E-state index < -0.39 is 10.0 Å². The van der Waals surface area contributed by atoms with Crippen molar-refractivity contribution in [2.24, 2.45) is 0 Å². The average Bonchev–Trinajstić information content (AvgIpc) is 2.66. The molecule has 1 saturated heterocycles. The van der Waals surface area contributed by atoms with Gasteiger partial charge in [0.05, 0.1) is 21.4 Å². The summed E-state index contributed by atoms with van der Waals surface area (Å²) in [6, 6.07) is 11.3. The molecule has 1 heterocycles. The van der Waals surface area contributed by atoms with Gasteiger partial charge in [0, 0.05) is 18.8 Å². The van der Waals surface area contributed by atoms with Crippen molar-refractivity contribution < 1.29 is 13.2 Å². The van der Waals surface area contributed by atoms with Gasteiger partial charge in [-0.2, -0.15) is 4.31 Å². The Bertz CT molecular complexity index is 924. The van der Waals surface area contributed by atoms with Gasteiger partial charge in [0.1, 0.15) is 0 Å². The number of nitrogens with zero attached hydrogens (tertiary/aromatic N) is 1. The second kappa shape index (κ2) is 8.61. The van der Waals surface area contributed by atoms with Crippen LogP contribution in [0.2, 0.25) is 10.0 Å². The molecular weight excluding hydrogens is 407 g/mol. The Balaban J connectivity index is 1.64.